The molecule has 2 aromatic carbocycles. The van der Waals surface area contributed by atoms with E-state index in [4.69, 9.17) is 14.2 Å². The molecule has 2 aromatic rings. The van der Waals surface area contributed by atoms with Gasteiger partial charge in [-0.25, -0.2) is 0 Å². The standard InChI is InChI=1S/C20H21F2NO5/c1-12-18(24)23(11-13-7-9-14(10-8-13)28-20(21)22)19(27-12)17-15(25-2)5-4-6-16(17)26-3/h4-10,12,19-20H,11H2,1-3H3. The van der Waals surface area contributed by atoms with Gasteiger partial charge in [-0.1, -0.05) is 18.2 Å². The summed E-state index contributed by atoms with van der Waals surface area (Å²) in [5.41, 5.74) is 1.36. The van der Waals surface area contributed by atoms with Crippen molar-refractivity contribution < 1.29 is 32.5 Å². The summed E-state index contributed by atoms with van der Waals surface area (Å²) in [7, 11) is 3.06. The van der Waals surface area contributed by atoms with Gasteiger partial charge in [-0.2, -0.15) is 8.78 Å². The van der Waals surface area contributed by atoms with Crippen LogP contribution in [0.4, 0.5) is 8.78 Å². The summed E-state index contributed by atoms with van der Waals surface area (Å²) < 4.78 is 45.7. The summed E-state index contributed by atoms with van der Waals surface area (Å²) in [6, 6.07) is 11.4. The van der Waals surface area contributed by atoms with Gasteiger partial charge in [-0.15, -0.1) is 0 Å². The normalized spacial score (nSPS) is 19.2. The van der Waals surface area contributed by atoms with E-state index in [-0.39, 0.29) is 18.2 Å². The lowest BCUT2D eigenvalue weighted by Gasteiger charge is -2.26. The van der Waals surface area contributed by atoms with Gasteiger partial charge < -0.3 is 23.8 Å². The fourth-order valence-corrected chi connectivity index (χ4v) is 3.16. The zero-order valence-electron chi connectivity index (χ0n) is 15.7. The van der Waals surface area contributed by atoms with E-state index in [9.17, 15) is 13.6 Å². The molecule has 0 spiro atoms. The highest BCUT2D eigenvalue weighted by atomic mass is 19.3. The number of hydrogen-bond acceptors (Lipinski definition) is 5. The van der Waals surface area contributed by atoms with Crippen molar-refractivity contribution in [3.63, 3.8) is 0 Å². The molecular weight excluding hydrogens is 372 g/mol. The Morgan fingerprint density at radius 1 is 1.07 bits per heavy atom. The molecule has 0 aromatic heterocycles. The van der Waals surface area contributed by atoms with Crippen molar-refractivity contribution in [2.24, 2.45) is 0 Å². The molecule has 2 atom stereocenters. The van der Waals surface area contributed by atoms with E-state index in [1.807, 2.05) is 0 Å². The van der Waals surface area contributed by atoms with Gasteiger partial charge in [0.25, 0.3) is 5.91 Å². The van der Waals surface area contributed by atoms with Crippen LogP contribution in [0, 0.1) is 0 Å². The Hall–Kier alpha value is -2.87. The molecule has 8 heteroatoms. The number of halogens is 2. The van der Waals surface area contributed by atoms with Crippen LogP contribution < -0.4 is 14.2 Å². The van der Waals surface area contributed by atoms with Gasteiger partial charge in [0.2, 0.25) is 0 Å². The Morgan fingerprint density at radius 3 is 2.21 bits per heavy atom. The van der Waals surface area contributed by atoms with Gasteiger partial charge in [-0.3, -0.25) is 4.79 Å². The Morgan fingerprint density at radius 2 is 1.68 bits per heavy atom. The maximum atomic E-state index is 12.7. The van der Waals surface area contributed by atoms with Gasteiger partial charge in [0.1, 0.15) is 23.4 Å². The van der Waals surface area contributed by atoms with Crippen molar-refractivity contribution in [1.82, 2.24) is 4.90 Å². The first-order chi connectivity index (χ1) is 13.4. The molecule has 28 heavy (non-hydrogen) atoms. The molecular formula is C20H21F2NO5. The number of benzene rings is 2. The molecule has 0 bridgehead atoms. The fraction of sp³-hybridized carbons (Fsp3) is 0.350. The van der Waals surface area contributed by atoms with Crippen molar-refractivity contribution in [1.29, 1.82) is 0 Å². The fourth-order valence-electron chi connectivity index (χ4n) is 3.16. The lowest BCUT2D eigenvalue weighted by atomic mass is 10.1. The molecule has 1 amide bonds. The highest BCUT2D eigenvalue weighted by Crippen LogP contribution is 2.42. The average molecular weight is 393 g/mol. The first-order valence-corrected chi connectivity index (χ1v) is 8.65. The predicted molar refractivity (Wildman–Crippen MR) is 96.5 cm³/mol. The van der Waals surface area contributed by atoms with Crippen LogP contribution in [-0.2, 0) is 16.1 Å². The molecule has 1 heterocycles. The second-order valence-electron chi connectivity index (χ2n) is 6.20. The molecule has 2 unspecified atom stereocenters. The molecule has 1 fully saturated rings. The smallest absolute Gasteiger partial charge is 0.387 e. The third-order valence-corrected chi connectivity index (χ3v) is 4.46. The molecule has 3 rings (SSSR count). The van der Waals surface area contributed by atoms with Crippen molar-refractivity contribution in [2.75, 3.05) is 14.2 Å². The van der Waals surface area contributed by atoms with Crippen molar-refractivity contribution >= 4 is 5.91 Å². The van der Waals surface area contributed by atoms with Crippen LogP contribution in [0.2, 0.25) is 0 Å². The summed E-state index contributed by atoms with van der Waals surface area (Å²) in [5.74, 6) is 0.943. The maximum absolute atomic E-state index is 12.7. The number of rotatable bonds is 7. The van der Waals surface area contributed by atoms with Crippen LogP contribution in [0.15, 0.2) is 42.5 Å². The number of alkyl halides is 2. The van der Waals surface area contributed by atoms with E-state index >= 15 is 0 Å². The Kier molecular flexibility index (Phi) is 5.99. The Labute approximate surface area is 161 Å². The average Bonchev–Trinajstić information content (AvgIpc) is 2.96. The SMILES string of the molecule is COc1cccc(OC)c1C1OC(C)C(=O)N1Cc1ccc(OC(F)F)cc1. The number of ether oxygens (including phenoxy) is 4. The first-order valence-electron chi connectivity index (χ1n) is 8.65. The third-order valence-electron chi connectivity index (χ3n) is 4.46. The molecule has 1 aliphatic rings. The van der Waals surface area contributed by atoms with E-state index in [0.29, 0.717) is 17.1 Å². The first kappa shape index (κ1) is 19.9. The van der Waals surface area contributed by atoms with Crippen LogP contribution in [0.1, 0.15) is 24.3 Å². The number of methoxy groups -OCH3 is 2. The zero-order chi connectivity index (χ0) is 20.3. The molecule has 6 nitrogen and oxygen atoms in total. The number of carbonyl (C=O) groups excluding carboxylic acids is 1. The monoisotopic (exact) mass is 393 g/mol. The molecule has 1 aliphatic heterocycles. The van der Waals surface area contributed by atoms with Crippen LogP contribution in [0.5, 0.6) is 17.2 Å². The topological polar surface area (TPSA) is 57.2 Å². The van der Waals surface area contributed by atoms with Crippen molar-refractivity contribution in [3.8, 4) is 17.2 Å². The van der Waals surface area contributed by atoms with E-state index in [0.717, 1.165) is 5.56 Å². The number of nitrogens with zero attached hydrogens (tertiary/aromatic N) is 1. The second-order valence-corrected chi connectivity index (χ2v) is 6.20. The largest absolute Gasteiger partial charge is 0.496 e. The molecule has 1 saturated heterocycles. The van der Waals surface area contributed by atoms with Gasteiger partial charge in [0.15, 0.2) is 6.23 Å². The van der Waals surface area contributed by atoms with Gasteiger partial charge in [-0.05, 0) is 36.8 Å². The lowest BCUT2D eigenvalue weighted by molar-refractivity contribution is -0.130. The lowest BCUT2D eigenvalue weighted by Crippen LogP contribution is -2.30. The minimum Gasteiger partial charge on any atom is -0.496 e. The Balaban J connectivity index is 1.90. The third kappa shape index (κ3) is 4.01. The molecule has 0 aliphatic carbocycles. The summed E-state index contributed by atoms with van der Waals surface area (Å²) in [4.78, 5) is 14.3. The van der Waals surface area contributed by atoms with Crippen LogP contribution in [-0.4, -0.2) is 37.7 Å². The summed E-state index contributed by atoms with van der Waals surface area (Å²) >= 11 is 0. The number of hydrogen-bond donors (Lipinski definition) is 0. The number of carbonyl (C=O) groups is 1. The minimum atomic E-state index is -2.89. The van der Waals surface area contributed by atoms with Gasteiger partial charge in [0, 0.05) is 6.54 Å². The summed E-state index contributed by atoms with van der Waals surface area (Å²) in [5, 5.41) is 0. The highest BCUT2D eigenvalue weighted by Gasteiger charge is 2.41. The van der Waals surface area contributed by atoms with Crippen molar-refractivity contribution in [3.05, 3.63) is 53.6 Å². The van der Waals surface area contributed by atoms with Crippen molar-refractivity contribution in [2.45, 2.75) is 32.4 Å². The maximum Gasteiger partial charge on any atom is 0.387 e. The van der Waals surface area contributed by atoms with Gasteiger partial charge in [0.05, 0.1) is 19.8 Å². The van der Waals surface area contributed by atoms with Gasteiger partial charge >= 0.3 is 6.61 Å². The zero-order valence-corrected chi connectivity index (χ0v) is 15.7. The summed E-state index contributed by atoms with van der Waals surface area (Å²) in [6.45, 7) is -0.983. The summed E-state index contributed by atoms with van der Waals surface area (Å²) in [6.07, 6.45) is -1.34. The van der Waals surface area contributed by atoms with Crippen LogP contribution >= 0.6 is 0 Å². The predicted octanol–water partition coefficient (Wildman–Crippen LogP) is 3.75. The van der Waals surface area contributed by atoms with E-state index < -0.39 is 18.9 Å². The minimum absolute atomic E-state index is 0.0547. The molecule has 0 saturated carbocycles. The number of amides is 1. The van der Waals surface area contributed by atoms with E-state index in [2.05, 4.69) is 4.74 Å². The van der Waals surface area contributed by atoms with Crippen LogP contribution in [0.3, 0.4) is 0 Å². The van der Waals surface area contributed by atoms with Crippen LogP contribution in [0.25, 0.3) is 0 Å². The molecule has 0 N–H and O–H groups in total. The molecule has 0 radical (unpaired) electrons. The van der Waals surface area contributed by atoms with E-state index in [1.165, 1.54) is 26.4 Å². The Bertz CT molecular complexity index is 806. The quantitative estimate of drug-likeness (QED) is 0.717. The molecule has 150 valence electrons. The second kappa shape index (κ2) is 8.43. The highest BCUT2D eigenvalue weighted by molar-refractivity contribution is 5.83. The van der Waals surface area contributed by atoms with E-state index in [1.54, 1.807) is 42.2 Å².